The number of nitrogens with zero attached hydrogens (tertiary/aromatic N) is 1. The monoisotopic (exact) mass is 267 g/mol. The summed E-state index contributed by atoms with van der Waals surface area (Å²) in [5, 5.41) is 12.1. The first-order chi connectivity index (χ1) is 9.15. The number of ether oxygens (including phenoxy) is 2. The van der Waals surface area contributed by atoms with E-state index in [1.165, 1.54) is 0 Å². The fourth-order valence-electron chi connectivity index (χ4n) is 1.98. The van der Waals surface area contributed by atoms with E-state index in [9.17, 15) is 4.79 Å². The van der Waals surface area contributed by atoms with Gasteiger partial charge < -0.3 is 14.7 Å². The average Bonchev–Trinajstić information content (AvgIpc) is 2.44. The van der Waals surface area contributed by atoms with Gasteiger partial charge in [-0.15, -0.1) is 0 Å². The lowest BCUT2D eigenvalue weighted by Gasteiger charge is -2.19. The maximum absolute atomic E-state index is 11.7. The molecule has 0 aromatic rings. The van der Waals surface area contributed by atoms with Crippen LogP contribution in [0.5, 0.6) is 0 Å². The van der Waals surface area contributed by atoms with Gasteiger partial charge in [0.1, 0.15) is 11.8 Å². The summed E-state index contributed by atoms with van der Waals surface area (Å²) in [4.78, 5) is 11.7. The molecule has 106 valence electrons. The molecule has 1 aliphatic rings. The van der Waals surface area contributed by atoms with Gasteiger partial charge in [-0.3, -0.25) is 4.79 Å². The van der Waals surface area contributed by atoms with Crippen molar-refractivity contribution >= 4 is 11.7 Å². The Labute approximate surface area is 113 Å². The predicted molar refractivity (Wildman–Crippen MR) is 72.3 cm³/mol. The number of hydrogen-bond donors (Lipinski definition) is 1. The van der Waals surface area contributed by atoms with Crippen molar-refractivity contribution < 1.29 is 19.5 Å². The lowest BCUT2D eigenvalue weighted by atomic mass is 9.92. The van der Waals surface area contributed by atoms with Gasteiger partial charge in [0.15, 0.2) is 0 Å². The molecule has 0 heterocycles. The van der Waals surface area contributed by atoms with Crippen LogP contribution in [0.1, 0.15) is 26.7 Å². The number of oxime groups is 1. The van der Waals surface area contributed by atoms with Crippen molar-refractivity contribution in [2.75, 3.05) is 13.7 Å². The highest BCUT2D eigenvalue weighted by Crippen LogP contribution is 2.21. The number of rotatable bonds is 6. The summed E-state index contributed by atoms with van der Waals surface area (Å²) < 4.78 is 10.2. The average molecular weight is 267 g/mol. The van der Waals surface area contributed by atoms with Crippen LogP contribution in [0.2, 0.25) is 0 Å². The van der Waals surface area contributed by atoms with Crippen LogP contribution < -0.4 is 0 Å². The minimum atomic E-state index is -0.337. The Balaban J connectivity index is 2.74. The summed E-state index contributed by atoms with van der Waals surface area (Å²) in [6.45, 7) is 4.14. The lowest BCUT2D eigenvalue weighted by Crippen LogP contribution is -2.23. The first-order valence-electron chi connectivity index (χ1n) is 6.46. The van der Waals surface area contributed by atoms with E-state index in [1.54, 1.807) is 20.1 Å². The van der Waals surface area contributed by atoms with Crippen LogP contribution in [0, 0.1) is 5.92 Å². The summed E-state index contributed by atoms with van der Waals surface area (Å²) in [6, 6.07) is 0. The van der Waals surface area contributed by atoms with Crippen LogP contribution in [0.25, 0.3) is 0 Å². The van der Waals surface area contributed by atoms with Gasteiger partial charge in [0.2, 0.25) is 0 Å². The van der Waals surface area contributed by atoms with Gasteiger partial charge in [-0.1, -0.05) is 18.2 Å². The number of methoxy groups -OCH3 is 1. The number of carbonyl (C=O) groups excluding carboxylic acids is 1. The van der Waals surface area contributed by atoms with Gasteiger partial charge in [0, 0.05) is 7.11 Å². The Morgan fingerprint density at radius 3 is 2.79 bits per heavy atom. The van der Waals surface area contributed by atoms with Crippen LogP contribution in [0.3, 0.4) is 0 Å². The van der Waals surface area contributed by atoms with E-state index in [1.807, 2.05) is 19.1 Å². The van der Waals surface area contributed by atoms with E-state index in [-0.39, 0.29) is 18.0 Å². The third-order valence-electron chi connectivity index (χ3n) is 3.07. The molecule has 1 rings (SSSR count). The summed E-state index contributed by atoms with van der Waals surface area (Å²) in [6.07, 6.45) is 6.39. The fourth-order valence-corrected chi connectivity index (χ4v) is 1.98. The molecule has 1 aliphatic carbocycles. The molecule has 0 aromatic heterocycles. The smallest absolute Gasteiger partial charge is 0.309 e. The molecular formula is C14H21NO4. The van der Waals surface area contributed by atoms with Gasteiger partial charge in [0.05, 0.1) is 12.5 Å². The molecular weight excluding hydrogens is 246 g/mol. The minimum absolute atomic E-state index is 0.171. The SMILES string of the molecule is CCOC(=O)C(CC)CC1=CC(=NO)C(OC)C=C1. The van der Waals surface area contributed by atoms with Crippen molar-refractivity contribution in [2.45, 2.75) is 32.8 Å². The topological polar surface area (TPSA) is 68.1 Å². The number of carbonyl (C=O) groups is 1. The second-order valence-electron chi connectivity index (χ2n) is 4.32. The molecule has 0 bridgehead atoms. The van der Waals surface area contributed by atoms with Crippen molar-refractivity contribution in [1.29, 1.82) is 0 Å². The second kappa shape index (κ2) is 7.74. The zero-order valence-corrected chi connectivity index (χ0v) is 11.6. The fraction of sp³-hybridized carbons (Fsp3) is 0.571. The van der Waals surface area contributed by atoms with E-state index in [2.05, 4.69) is 5.16 Å². The number of allylic oxidation sites excluding steroid dienone is 2. The first-order valence-corrected chi connectivity index (χ1v) is 6.46. The number of hydrogen-bond acceptors (Lipinski definition) is 5. The molecule has 0 aliphatic heterocycles. The highest BCUT2D eigenvalue weighted by molar-refractivity contribution is 6.01. The molecule has 0 spiro atoms. The number of esters is 1. The summed E-state index contributed by atoms with van der Waals surface area (Å²) in [7, 11) is 1.55. The van der Waals surface area contributed by atoms with Crippen LogP contribution in [-0.2, 0) is 14.3 Å². The van der Waals surface area contributed by atoms with Crippen LogP contribution in [0.15, 0.2) is 29.0 Å². The Kier molecular flexibility index (Phi) is 6.29. The zero-order valence-electron chi connectivity index (χ0n) is 11.6. The Bertz CT molecular complexity index is 398. The normalized spacial score (nSPS) is 22.2. The molecule has 2 unspecified atom stereocenters. The quantitative estimate of drug-likeness (QED) is 0.455. The minimum Gasteiger partial charge on any atom is -0.466 e. The molecule has 0 aromatic carbocycles. The summed E-state index contributed by atoms with van der Waals surface area (Å²) >= 11 is 0. The molecule has 0 radical (unpaired) electrons. The van der Waals surface area contributed by atoms with E-state index >= 15 is 0 Å². The van der Waals surface area contributed by atoms with E-state index < -0.39 is 0 Å². The maximum atomic E-state index is 11.7. The van der Waals surface area contributed by atoms with Crippen molar-refractivity contribution in [3.05, 3.63) is 23.8 Å². The first kappa shape index (κ1) is 15.4. The standard InChI is InChI=1S/C14H21NO4/c1-4-11(14(16)19-5-2)8-10-6-7-13(18-3)12(9-10)15-17/h6-7,9,11,13,17H,4-5,8H2,1-3H3. The third kappa shape index (κ3) is 4.21. The summed E-state index contributed by atoms with van der Waals surface area (Å²) in [5.41, 5.74) is 1.37. The van der Waals surface area contributed by atoms with Crippen molar-refractivity contribution in [2.24, 2.45) is 11.1 Å². The van der Waals surface area contributed by atoms with Gasteiger partial charge in [-0.2, -0.15) is 0 Å². The highest BCUT2D eigenvalue weighted by Gasteiger charge is 2.22. The van der Waals surface area contributed by atoms with Gasteiger partial charge in [0.25, 0.3) is 0 Å². The van der Waals surface area contributed by atoms with E-state index in [0.29, 0.717) is 25.2 Å². The molecule has 0 amide bonds. The van der Waals surface area contributed by atoms with Crippen molar-refractivity contribution in [1.82, 2.24) is 0 Å². The van der Waals surface area contributed by atoms with E-state index in [4.69, 9.17) is 14.7 Å². The summed E-state index contributed by atoms with van der Waals surface area (Å²) in [5.74, 6) is -0.356. The molecule has 0 saturated heterocycles. The van der Waals surface area contributed by atoms with Crippen molar-refractivity contribution in [3.8, 4) is 0 Å². The molecule has 5 heteroatoms. The predicted octanol–water partition coefficient (Wildman–Crippen LogP) is 2.31. The van der Waals surface area contributed by atoms with Crippen molar-refractivity contribution in [3.63, 3.8) is 0 Å². The van der Waals surface area contributed by atoms with Gasteiger partial charge in [-0.25, -0.2) is 0 Å². The Morgan fingerprint density at radius 2 is 2.26 bits per heavy atom. The lowest BCUT2D eigenvalue weighted by molar-refractivity contribution is -0.148. The molecule has 19 heavy (non-hydrogen) atoms. The van der Waals surface area contributed by atoms with Crippen LogP contribution in [-0.4, -0.2) is 36.7 Å². The van der Waals surface area contributed by atoms with Crippen LogP contribution in [0.4, 0.5) is 0 Å². The maximum Gasteiger partial charge on any atom is 0.309 e. The van der Waals surface area contributed by atoms with Crippen LogP contribution >= 0.6 is 0 Å². The second-order valence-corrected chi connectivity index (χ2v) is 4.32. The molecule has 0 saturated carbocycles. The Morgan fingerprint density at radius 1 is 1.53 bits per heavy atom. The molecule has 1 N–H and O–H groups in total. The van der Waals surface area contributed by atoms with Gasteiger partial charge >= 0.3 is 5.97 Å². The molecule has 0 fully saturated rings. The molecule has 5 nitrogen and oxygen atoms in total. The highest BCUT2D eigenvalue weighted by atomic mass is 16.5. The Hall–Kier alpha value is -1.62. The zero-order chi connectivity index (χ0) is 14.3. The largest absolute Gasteiger partial charge is 0.466 e. The van der Waals surface area contributed by atoms with E-state index in [0.717, 1.165) is 5.57 Å². The van der Waals surface area contributed by atoms with Gasteiger partial charge in [-0.05, 0) is 37.5 Å². The molecule has 2 atom stereocenters. The third-order valence-corrected chi connectivity index (χ3v) is 3.07.